The molecule has 0 radical (unpaired) electrons. The third kappa shape index (κ3) is 0.990. The van der Waals surface area contributed by atoms with Crippen molar-refractivity contribution in [1.29, 1.82) is 0 Å². The van der Waals surface area contributed by atoms with Gasteiger partial charge in [0.1, 0.15) is 6.17 Å². The van der Waals surface area contributed by atoms with Crippen LogP contribution in [-0.2, 0) is 0 Å². The third-order valence-corrected chi connectivity index (χ3v) is 1.91. The van der Waals surface area contributed by atoms with Gasteiger partial charge in [0.15, 0.2) is 0 Å². The van der Waals surface area contributed by atoms with E-state index in [1.165, 1.54) is 0 Å². The Balaban J connectivity index is 2.43. The molecular weight excluding hydrogens is 119 g/mol. The summed E-state index contributed by atoms with van der Waals surface area (Å²) in [5, 5.41) is 9.23. The average Bonchev–Trinajstić information content (AvgIpc) is 1.86. The van der Waals surface area contributed by atoms with E-state index < -0.39 is 11.8 Å². The van der Waals surface area contributed by atoms with Crippen LogP contribution in [0.2, 0.25) is 0 Å². The molecule has 0 saturated heterocycles. The van der Waals surface area contributed by atoms with Crippen LogP contribution in [-0.4, -0.2) is 16.9 Å². The molecule has 0 heterocycles. The zero-order chi connectivity index (χ0) is 6.91. The van der Waals surface area contributed by atoms with Gasteiger partial charge in [-0.1, -0.05) is 6.08 Å². The summed E-state index contributed by atoms with van der Waals surface area (Å²) in [5.74, 6) is 0. The van der Waals surface area contributed by atoms with E-state index >= 15 is 0 Å². The molecule has 52 valence electrons. The summed E-state index contributed by atoms with van der Waals surface area (Å²) in [6.07, 6.45) is 2.01. The van der Waals surface area contributed by atoms with Gasteiger partial charge < -0.3 is 5.11 Å². The lowest BCUT2D eigenvalue weighted by Crippen LogP contribution is -2.48. The van der Waals surface area contributed by atoms with Crippen molar-refractivity contribution in [2.75, 3.05) is 0 Å². The van der Waals surface area contributed by atoms with Crippen LogP contribution in [0.3, 0.4) is 0 Å². The Morgan fingerprint density at radius 1 is 1.89 bits per heavy atom. The van der Waals surface area contributed by atoms with Crippen molar-refractivity contribution < 1.29 is 9.50 Å². The smallest absolute Gasteiger partial charge is 0.129 e. The zero-order valence-electron chi connectivity index (χ0n) is 5.31. The Labute approximate surface area is 54.2 Å². The highest BCUT2D eigenvalue weighted by molar-refractivity contribution is 5.00. The number of rotatable bonds is 2. The quantitative estimate of drug-likeness (QED) is 0.560. The predicted octanol–water partition coefficient (Wildman–Crippen LogP) is 1.43. The van der Waals surface area contributed by atoms with Crippen LogP contribution in [0.1, 0.15) is 19.3 Å². The first-order valence-corrected chi connectivity index (χ1v) is 3.16. The molecule has 0 spiro atoms. The molecule has 0 aromatic heterocycles. The summed E-state index contributed by atoms with van der Waals surface area (Å²) in [5.41, 5.74) is -1.05. The van der Waals surface area contributed by atoms with Gasteiger partial charge in [0.05, 0.1) is 5.60 Å². The highest BCUT2D eigenvalue weighted by atomic mass is 19.1. The standard InChI is InChI=1S/C7H11FO/c1-2-4-7(9)5-3-6(7)8/h2,6,9H,1,3-5H2. The van der Waals surface area contributed by atoms with E-state index in [0.717, 1.165) is 0 Å². The van der Waals surface area contributed by atoms with Crippen LogP contribution in [0.25, 0.3) is 0 Å². The maximum absolute atomic E-state index is 12.5. The monoisotopic (exact) mass is 130 g/mol. The minimum atomic E-state index is -1.05. The molecule has 0 bridgehead atoms. The van der Waals surface area contributed by atoms with Crippen LogP contribution in [0, 0.1) is 0 Å². The normalized spacial score (nSPS) is 41.8. The minimum absolute atomic E-state index is 0.383. The van der Waals surface area contributed by atoms with Crippen molar-refractivity contribution in [2.45, 2.75) is 31.0 Å². The topological polar surface area (TPSA) is 20.2 Å². The average molecular weight is 130 g/mol. The molecule has 1 rings (SSSR count). The van der Waals surface area contributed by atoms with Crippen LogP contribution in [0.5, 0.6) is 0 Å². The van der Waals surface area contributed by atoms with Gasteiger partial charge >= 0.3 is 0 Å². The van der Waals surface area contributed by atoms with Gasteiger partial charge in [-0.15, -0.1) is 6.58 Å². The molecular formula is C7H11FO. The first-order chi connectivity index (χ1) is 4.19. The Morgan fingerprint density at radius 3 is 2.67 bits per heavy atom. The zero-order valence-corrected chi connectivity index (χ0v) is 5.31. The van der Waals surface area contributed by atoms with Gasteiger partial charge in [-0.25, -0.2) is 4.39 Å². The largest absolute Gasteiger partial charge is 0.387 e. The molecule has 0 aromatic carbocycles. The van der Waals surface area contributed by atoms with Crippen LogP contribution < -0.4 is 0 Å². The van der Waals surface area contributed by atoms with Crippen molar-refractivity contribution in [1.82, 2.24) is 0 Å². The van der Waals surface area contributed by atoms with Gasteiger partial charge in [0, 0.05) is 0 Å². The molecule has 1 N–H and O–H groups in total. The molecule has 1 aliphatic carbocycles. The Bertz CT molecular complexity index is 124. The summed E-state index contributed by atoms with van der Waals surface area (Å²) >= 11 is 0. The van der Waals surface area contributed by atoms with E-state index in [-0.39, 0.29) is 0 Å². The molecule has 1 aliphatic rings. The summed E-state index contributed by atoms with van der Waals surface area (Å²) < 4.78 is 12.5. The summed E-state index contributed by atoms with van der Waals surface area (Å²) in [7, 11) is 0. The maximum atomic E-state index is 12.5. The van der Waals surface area contributed by atoms with Crippen molar-refractivity contribution in [2.24, 2.45) is 0 Å². The number of aliphatic hydroxyl groups is 1. The Morgan fingerprint density at radius 2 is 2.56 bits per heavy atom. The SMILES string of the molecule is C=CCC1(O)CCC1F. The van der Waals surface area contributed by atoms with Gasteiger partial charge in [-0.2, -0.15) is 0 Å². The third-order valence-electron chi connectivity index (χ3n) is 1.91. The second kappa shape index (κ2) is 2.10. The lowest BCUT2D eigenvalue weighted by atomic mass is 9.76. The fourth-order valence-electron chi connectivity index (χ4n) is 1.07. The van der Waals surface area contributed by atoms with Crippen molar-refractivity contribution in [3.05, 3.63) is 12.7 Å². The van der Waals surface area contributed by atoms with E-state index in [2.05, 4.69) is 6.58 Å². The lowest BCUT2D eigenvalue weighted by molar-refractivity contribution is -0.104. The first-order valence-electron chi connectivity index (χ1n) is 3.16. The fraction of sp³-hybridized carbons (Fsp3) is 0.714. The Kier molecular flexibility index (Phi) is 1.58. The second-order valence-corrected chi connectivity index (χ2v) is 2.60. The summed E-state index contributed by atoms with van der Waals surface area (Å²) in [6, 6.07) is 0. The molecule has 0 aliphatic heterocycles. The van der Waals surface area contributed by atoms with E-state index in [0.29, 0.717) is 19.3 Å². The van der Waals surface area contributed by atoms with E-state index in [9.17, 15) is 9.50 Å². The molecule has 9 heavy (non-hydrogen) atoms. The molecule has 0 aromatic rings. The van der Waals surface area contributed by atoms with Crippen molar-refractivity contribution >= 4 is 0 Å². The Hall–Kier alpha value is -0.370. The minimum Gasteiger partial charge on any atom is -0.387 e. The predicted molar refractivity (Wildman–Crippen MR) is 33.9 cm³/mol. The van der Waals surface area contributed by atoms with Crippen molar-refractivity contribution in [3.63, 3.8) is 0 Å². The van der Waals surface area contributed by atoms with Crippen molar-refractivity contribution in [3.8, 4) is 0 Å². The number of hydrogen-bond donors (Lipinski definition) is 1. The lowest BCUT2D eigenvalue weighted by Gasteiger charge is -2.39. The van der Waals surface area contributed by atoms with Crippen LogP contribution >= 0.6 is 0 Å². The highest BCUT2D eigenvalue weighted by Crippen LogP contribution is 2.37. The molecule has 0 amide bonds. The molecule has 1 nitrogen and oxygen atoms in total. The molecule has 2 atom stereocenters. The number of alkyl halides is 1. The summed E-state index contributed by atoms with van der Waals surface area (Å²) in [6.45, 7) is 3.44. The highest BCUT2D eigenvalue weighted by Gasteiger charge is 2.44. The van der Waals surface area contributed by atoms with Gasteiger partial charge in [-0.05, 0) is 19.3 Å². The number of halogens is 1. The van der Waals surface area contributed by atoms with E-state index in [1.807, 2.05) is 0 Å². The van der Waals surface area contributed by atoms with E-state index in [1.54, 1.807) is 6.08 Å². The molecule has 2 heteroatoms. The summed E-state index contributed by atoms with van der Waals surface area (Å²) in [4.78, 5) is 0. The fourth-order valence-corrected chi connectivity index (χ4v) is 1.07. The second-order valence-electron chi connectivity index (χ2n) is 2.60. The van der Waals surface area contributed by atoms with Crippen LogP contribution in [0.4, 0.5) is 4.39 Å². The first kappa shape index (κ1) is 6.75. The van der Waals surface area contributed by atoms with Gasteiger partial charge in [-0.3, -0.25) is 0 Å². The molecule has 2 unspecified atom stereocenters. The van der Waals surface area contributed by atoms with Gasteiger partial charge in [0.2, 0.25) is 0 Å². The van der Waals surface area contributed by atoms with Crippen LogP contribution in [0.15, 0.2) is 12.7 Å². The maximum Gasteiger partial charge on any atom is 0.129 e. The van der Waals surface area contributed by atoms with E-state index in [4.69, 9.17) is 0 Å². The molecule has 1 fully saturated rings. The number of hydrogen-bond acceptors (Lipinski definition) is 1. The van der Waals surface area contributed by atoms with Gasteiger partial charge in [0.25, 0.3) is 0 Å². The molecule has 1 saturated carbocycles.